The Labute approximate surface area is 146 Å². The zero-order valence-corrected chi connectivity index (χ0v) is 14.7. The van der Waals surface area contributed by atoms with Crippen LogP contribution in [0, 0.1) is 0 Å². The fraction of sp³-hybridized carbons (Fsp3) is 0.238. The Bertz CT molecular complexity index is 1000. The third kappa shape index (κ3) is 2.95. The van der Waals surface area contributed by atoms with Gasteiger partial charge in [0.25, 0.3) is 5.56 Å². The first-order chi connectivity index (χ1) is 12.1. The van der Waals surface area contributed by atoms with Gasteiger partial charge in [-0.05, 0) is 34.7 Å². The van der Waals surface area contributed by atoms with E-state index in [1.165, 1.54) is 13.5 Å². The molecule has 4 nitrogen and oxygen atoms in total. The van der Waals surface area contributed by atoms with Gasteiger partial charge >= 0.3 is 5.97 Å². The molecule has 0 spiro atoms. The number of fused-ring (bicyclic) bond motifs is 5. The number of ether oxygens (including phenoxy) is 1. The van der Waals surface area contributed by atoms with Gasteiger partial charge in [-0.3, -0.25) is 4.79 Å². The highest BCUT2D eigenvalue weighted by molar-refractivity contribution is 5.95. The Kier molecular flexibility index (Phi) is 4.70. The lowest BCUT2D eigenvalue weighted by Gasteiger charge is -2.05. The first-order valence-electron chi connectivity index (χ1n) is 8.46. The summed E-state index contributed by atoms with van der Waals surface area (Å²) in [5.74, 6) is -0.350. The molecule has 3 aromatic rings. The van der Waals surface area contributed by atoms with Crippen molar-refractivity contribution in [1.82, 2.24) is 4.98 Å². The van der Waals surface area contributed by atoms with Crippen LogP contribution in [0.25, 0.3) is 22.0 Å². The number of aromatic nitrogens is 1. The smallest absolute Gasteiger partial charge is 0.337 e. The van der Waals surface area contributed by atoms with Gasteiger partial charge in [-0.2, -0.15) is 0 Å². The molecule has 1 heterocycles. The number of carbonyl (C=O) groups is 1. The highest BCUT2D eigenvalue weighted by Crippen LogP contribution is 2.38. The standard InChI is InChI=1S/C18H13NO3.C3H8/c1-22-18(21)10-6-7-12-11(8-10)9-15-13-4-2-3-5-14(13)17(20)19-16(12)15;1-3-2/h2-8H,9H2,1H3,(H,19,20);3H2,1-2H3. The van der Waals surface area contributed by atoms with Gasteiger partial charge in [-0.15, -0.1) is 0 Å². The second-order valence-electron chi connectivity index (χ2n) is 6.10. The summed E-state index contributed by atoms with van der Waals surface area (Å²) < 4.78 is 4.77. The van der Waals surface area contributed by atoms with E-state index in [-0.39, 0.29) is 11.5 Å². The normalized spacial score (nSPS) is 11.3. The first-order valence-corrected chi connectivity index (χ1v) is 8.46. The van der Waals surface area contributed by atoms with E-state index in [2.05, 4.69) is 18.8 Å². The molecule has 0 bridgehead atoms. The van der Waals surface area contributed by atoms with Gasteiger partial charge in [0, 0.05) is 17.4 Å². The summed E-state index contributed by atoms with van der Waals surface area (Å²) >= 11 is 0. The van der Waals surface area contributed by atoms with Crippen molar-refractivity contribution in [2.45, 2.75) is 26.7 Å². The van der Waals surface area contributed by atoms with E-state index in [1.54, 1.807) is 6.07 Å². The summed E-state index contributed by atoms with van der Waals surface area (Å²) in [5, 5.41) is 1.67. The van der Waals surface area contributed by atoms with Crippen molar-refractivity contribution >= 4 is 16.7 Å². The Morgan fingerprint density at radius 2 is 1.80 bits per heavy atom. The van der Waals surface area contributed by atoms with E-state index in [0.29, 0.717) is 17.4 Å². The highest BCUT2D eigenvalue weighted by Gasteiger charge is 2.23. The minimum Gasteiger partial charge on any atom is -0.465 e. The second kappa shape index (κ2) is 6.93. The molecule has 1 aliphatic carbocycles. The van der Waals surface area contributed by atoms with Gasteiger partial charge in [-0.25, -0.2) is 4.79 Å². The molecule has 4 rings (SSSR count). The average Bonchev–Trinajstić information content (AvgIpc) is 3.00. The van der Waals surface area contributed by atoms with Gasteiger partial charge in [0.1, 0.15) is 0 Å². The number of nitrogens with one attached hydrogen (secondary N) is 1. The van der Waals surface area contributed by atoms with Crippen LogP contribution >= 0.6 is 0 Å². The zero-order chi connectivity index (χ0) is 18.0. The number of benzene rings is 2. The molecule has 0 amide bonds. The van der Waals surface area contributed by atoms with Crippen molar-refractivity contribution in [2.24, 2.45) is 0 Å². The van der Waals surface area contributed by atoms with Crippen LogP contribution in [-0.4, -0.2) is 18.1 Å². The number of hydrogen-bond donors (Lipinski definition) is 1. The number of methoxy groups -OCH3 is 1. The van der Waals surface area contributed by atoms with E-state index in [0.717, 1.165) is 27.8 Å². The molecular formula is C21H21NO3. The fourth-order valence-corrected chi connectivity index (χ4v) is 3.17. The van der Waals surface area contributed by atoms with Crippen LogP contribution in [0.1, 0.15) is 41.8 Å². The summed E-state index contributed by atoms with van der Waals surface area (Å²) in [7, 11) is 1.37. The predicted molar refractivity (Wildman–Crippen MR) is 100 cm³/mol. The maximum Gasteiger partial charge on any atom is 0.337 e. The fourth-order valence-electron chi connectivity index (χ4n) is 3.17. The number of hydrogen-bond acceptors (Lipinski definition) is 3. The largest absolute Gasteiger partial charge is 0.465 e. The zero-order valence-electron chi connectivity index (χ0n) is 14.7. The third-order valence-corrected chi connectivity index (χ3v) is 4.20. The first kappa shape index (κ1) is 17.0. The monoisotopic (exact) mass is 335 g/mol. The van der Waals surface area contributed by atoms with E-state index in [4.69, 9.17) is 4.74 Å². The lowest BCUT2D eigenvalue weighted by molar-refractivity contribution is 0.0600. The van der Waals surface area contributed by atoms with Crippen molar-refractivity contribution in [3.63, 3.8) is 0 Å². The quantitative estimate of drug-likeness (QED) is 0.528. The predicted octanol–water partition coefficient (Wildman–Crippen LogP) is 4.30. The van der Waals surface area contributed by atoms with Crippen LogP contribution in [0.3, 0.4) is 0 Å². The van der Waals surface area contributed by atoms with E-state index >= 15 is 0 Å². The molecular weight excluding hydrogens is 314 g/mol. The summed E-state index contributed by atoms with van der Waals surface area (Å²) in [5.41, 5.74) is 4.41. The summed E-state index contributed by atoms with van der Waals surface area (Å²) in [6.07, 6.45) is 1.95. The molecule has 2 aromatic carbocycles. The maximum atomic E-state index is 12.2. The van der Waals surface area contributed by atoms with Crippen LogP contribution in [0.2, 0.25) is 0 Å². The Hall–Kier alpha value is -2.88. The Morgan fingerprint density at radius 1 is 1.12 bits per heavy atom. The molecule has 128 valence electrons. The number of carbonyl (C=O) groups excluding carboxylic acids is 1. The van der Waals surface area contributed by atoms with Crippen molar-refractivity contribution < 1.29 is 9.53 Å². The number of rotatable bonds is 1. The highest BCUT2D eigenvalue weighted by atomic mass is 16.5. The number of aromatic amines is 1. The molecule has 1 aromatic heterocycles. The summed E-state index contributed by atoms with van der Waals surface area (Å²) in [4.78, 5) is 26.9. The molecule has 0 unspecified atom stereocenters. The van der Waals surface area contributed by atoms with E-state index in [1.807, 2.05) is 36.4 Å². The SMILES string of the molecule is CCC.COC(=O)c1ccc2c(c1)Cc1c-2[nH]c(=O)c2ccccc12. The maximum absolute atomic E-state index is 12.2. The number of H-pyrrole nitrogens is 1. The molecule has 1 N–H and O–H groups in total. The Morgan fingerprint density at radius 3 is 2.48 bits per heavy atom. The van der Waals surface area contributed by atoms with Crippen molar-refractivity contribution in [3.8, 4) is 11.3 Å². The minimum atomic E-state index is -0.350. The molecule has 0 saturated heterocycles. The van der Waals surface area contributed by atoms with E-state index in [9.17, 15) is 9.59 Å². The molecule has 4 heteroatoms. The minimum absolute atomic E-state index is 0.0840. The Balaban J connectivity index is 0.000000569. The number of pyridine rings is 1. The van der Waals surface area contributed by atoms with Gasteiger partial charge in [-0.1, -0.05) is 44.5 Å². The van der Waals surface area contributed by atoms with Crippen molar-refractivity contribution in [3.05, 3.63) is 69.5 Å². The van der Waals surface area contributed by atoms with E-state index < -0.39 is 0 Å². The van der Waals surface area contributed by atoms with Gasteiger partial charge in [0.05, 0.1) is 18.4 Å². The molecule has 1 aliphatic rings. The van der Waals surface area contributed by atoms with Crippen LogP contribution in [0.15, 0.2) is 47.3 Å². The van der Waals surface area contributed by atoms with Gasteiger partial charge < -0.3 is 9.72 Å². The van der Waals surface area contributed by atoms with Crippen LogP contribution < -0.4 is 5.56 Å². The second-order valence-corrected chi connectivity index (χ2v) is 6.10. The average molecular weight is 335 g/mol. The summed E-state index contributed by atoms with van der Waals surface area (Å²) in [6, 6.07) is 13.0. The lowest BCUT2D eigenvalue weighted by Crippen LogP contribution is -2.08. The molecule has 0 radical (unpaired) electrons. The van der Waals surface area contributed by atoms with Crippen LogP contribution in [0.5, 0.6) is 0 Å². The number of esters is 1. The van der Waals surface area contributed by atoms with Crippen molar-refractivity contribution in [2.75, 3.05) is 7.11 Å². The summed E-state index contributed by atoms with van der Waals surface area (Å²) in [6.45, 7) is 4.25. The van der Waals surface area contributed by atoms with Crippen LogP contribution in [0.4, 0.5) is 0 Å². The molecule has 0 fully saturated rings. The topological polar surface area (TPSA) is 59.2 Å². The van der Waals surface area contributed by atoms with Crippen LogP contribution in [-0.2, 0) is 11.2 Å². The molecule has 0 atom stereocenters. The lowest BCUT2D eigenvalue weighted by atomic mass is 10.0. The molecule has 0 saturated carbocycles. The van der Waals surface area contributed by atoms with Gasteiger partial charge in [0.2, 0.25) is 0 Å². The van der Waals surface area contributed by atoms with Gasteiger partial charge in [0.15, 0.2) is 0 Å². The molecule has 25 heavy (non-hydrogen) atoms. The molecule has 0 aliphatic heterocycles. The third-order valence-electron chi connectivity index (χ3n) is 4.20. The van der Waals surface area contributed by atoms with Crippen molar-refractivity contribution in [1.29, 1.82) is 0 Å².